The minimum absolute atomic E-state index is 0.106. The second kappa shape index (κ2) is 6.68. The van der Waals surface area contributed by atoms with E-state index in [0.29, 0.717) is 22.2 Å². The molecule has 0 aliphatic heterocycles. The zero-order valence-corrected chi connectivity index (χ0v) is 12.9. The average Bonchev–Trinajstić information content (AvgIpc) is 2.50. The highest BCUT2D eigenvalue weighted by molar-refractivity contribution is 6.33. The van der Waals surface area contributed by atoms with Gasteiger partial charge >= 0.3 is 0 Å². The lowest BCUT2D eigenvalue weighted by molar-refractivity contribution is 0.390. The van der Waals surface area contributed by atoms with E-state index >= 15 is 0 Å². The Hall–Kier alpha value is -1.94. The highest BCUT2D eigenvalue weighted by atomic mass is 35.5. The van der Waals surface area contributed by atoms with E-state index in [1.54, 1.807) is 20.3 Å². The largest absolute Gasteiger partial charge is 0.497 e. The summed E-state index contributed by atoms with van der Waals surface area (Å²) in [4.78, 5) is 0. The lowest BCUT2D eigenvalue weighted by Crippen LogP contribution is -2.09. The van der Waals surface area contributed by atoms with E-state index in [1.807, 2.05) is 19.1 Å². The molecule has 0 heterocycles. The van der Waals surface area contributed by atoms with Crippen molar-refractivity contribution in [2.24, 2.45) is 0 Å². The van der Waals surface area contributed by atoms with E-state index in [0.717, 1.165) is 5.56 Å². The zero-order chi connectivity index (χ0) is 15.4. The minimum Gasteiger partial charge on any atom is -0.497 e. The Morgan fingerprint density at radius 2 is 1.86 bits per heavy atom. The summed E-state index contributed by atoms with van der Waals surface area (Å²) >= 11 is 6.07. The third-order valence-corrected chi connectivity index (χ3v) is 3.54. The molecule has 2 aromatic rings. The number of hydrogen-bond acceptors (Lipinski definition) is 3. The molecule has 1 unspecified atom stereocenters. The average molecular weight is 310 g/mol. The zero-order valence-electron chi connectivity index (χ0n) is 12.1. The quantitative estimate of drug-likeness (QED) is 0.870. The van der Waals surface area contributed by atoms with Gasteiger partial charge < -0.3 is 14.8 Å². The molecule has 0 aliphatic carbocycles. The van der Waals surface area contributed by atoms with Crippen LogP contribution in [0.1, 0.15) is 18.5 Å². The Kier molecular flexibility index (Phi) is 4.91. The van der Waals surface area contributed by atoms with Gasteiger partial charge in [0.15, 0.2) is 0 Å². The predicted octanol–water partition coefficient (Wildman–Crippen LogP) is 4.67. The molecule has 0 aromatic heterocycles. The van der Waals surface area contributed by atoms with Gasteiger partial charge in [-0.25, -0.2) is 4.39 Å². The molecule has 0 amide bonds. The van der Waals surface area contributed by atoms with E-state index in [2.05, 4.69) is 5.32 Å². The van der Waals surface area contributed by atoms with E-state index in [-0.39, 0.29) is 11.9 Å². The molecule has 0 radical (unpaired) electrons. The van der Waals surface area contributed by atoms with Crippen LogP contribution in [-0.2, 0) is 0 Å². The fraction of sp³-hybridized carbons (Fsp3) is 0.250. The maximum atomic E-state index is 13.3. The number of rotatable bonds is 5. The van der Waals surface area contributed by atoms with Gasteiger partial charge in [-0.1, -0.05) is 11.6 Å². The normalized spacial score (nSPS) is 11.9. The van der Waals surface area contributed by atoms with E-state index in [9.17, 15) is 4.39 Å². The molecule has 21 heavy (non-hydrogen) atoms. The molecule has 0 aliphatic rings. The van der Waals surface area contributed by atoms with Crippen molar-refractivity contribution in [3.05, 3.63) is 52.8 Å². The van der Waals surface area contributed by atoms with Gasteiger partial charge in [0.1, 0.15) is 17.3 Å². The Bertz CT molecular complexity index is 634. The lowest BCUT2D eigenvalue weighted by atomic mass is 10.1. The molecule has 112 valence electrons. The topological polar surface area (TPSA) is 30.5 Å². The molecule has 1 atom stereocenters. The van der Waals surface area contributed by atoms with Gasteiger partial charge in [-0.3, -0.25) is 0 Å². The number of hydrogen-bond donors (Lipinski definition) is 1. The monoisotopic (exact) mass is 309 g/mol. The highest BCUT2D eigenvalue weighted by Crippen LogP contribution is 2.33. The van der Waals surface area contributed by atoms with Crippen molar-refractivity contribution in [1.29, 1.82) is 0 Å². The van der Waals surface area contributed by atoms with Crippen molar-refractivity contribution in [2.75, 3.05) is 19.5 Å². The van der Waals surface area contributed by atoms with Crippen LogP contribution in [0.5, 0.6) is 11.5 Å². The molecule has 0 saturated carbocycles. The Morgan fingerprint density at radius 1 is 1.10 bits per heavy atom. The second-order valence-electron chi connectivity index (χ2n) is 4.60. The van der Waals surface area contributed by atoms with Crippen LogP contribution in [0.15, 0.2) is 36.4 Å². The summed E-state index contributed by atoms with van der Waals surface area (Å²) in [6.45, 7) is 1.95. The van der Waals surface area contributed by atoms with Gasteiger partial charge in [0.05, 0.1) is 31.0 Å². The van der Waals surface area contributed by atoms with Crippen molar-refractivity contribution >= 4 is 17.3 Å². The number of ether oxygens (including phenoxy) is 2. The third kappa shape index (κ3) is 3.58. The van der Waals surface area contributed by atoms with Crippen molar-refractivity contribution < 1.29 is 13.9 Å². The third-order valence-electron chi connectivity index (χ3n) is 3.21. The van der Waals surface area contributed by atoms with Crippen LogP contribution in [-0.4, -0.2) is 14.2 Å². The summed E-state index contributed by atoms with van der Waals surface area (Å²) in [6.07, 6.45) is 0. The first-order chi connectivity index (χ1) is 10.0. The fourth-order valence-corrected chi connectivity index (χ4v) is 2.27. The van der Waals surface area contributed by atoms with Crippen molar-refractivity contribution in [3.63, 3.8) is 0 Å². The fourth-order valence-electron chi connectivity index (χ4n) is 2.10. The van der Waals surface area contributed by atoms with E-state index < -0.39 is 0 Å². The van der Waals surface area contributed by atoms with Crippen LogP contribution >= 0.6 is 11.6 Å². The molecule has 5 heteroatoms. The van der Waals surface area contributed by atoms with Crippen LogP contribution in [0, 0.1) is 5.82 Å². The molecule has 2 aromatic carbocycles. The Morgan fingerprint density at radius 3 is 2.52 bits per heavy atom. The van der Waals surface area contributed by atoms with Crippen LogP contribution in [0.2, 0.25) is 5.02 Å². The number of benzene rings is 2. The number of methoxy groups -OCH3 is 2. The van der Waals surface area contributed by atoms with Crippen LogP contribution < -0.4 is 14.8 Å². The summed E-state index contributed by atoms with van der Waals surface area (Å²) in [5, 5.41) is 3.65. The summed E-state index contributed by atoms with van der Waals surface area (Å²) in [6, 6.07) is 9.68. The van der Waals surface area contributed by atoms with Gasteiger partial charge in [-0.15, -0.1) is 0 Å². The molecule has 0 bridgehead atoms. The van der Waals surface area contributed by atoms with Crippen molar-refractivity contribution in [2.45, 2.75) is 13.0 Å². The first-order valence-corrected chi connectivity index (χ1v) is 6.86. The van der Waals surface area contributed by atoms with Gasteiger partial charge in [-0.2, -0.15) is 0 Å². The molecule has 3 nitrogen and oxygen atoms in total. The van der Waals surface area contributed by atoms with Crippen LogP contribution in [0.4, 0.5) is 10.1 Å². The Labute approximate surface area is 128 Å². The summed E-state index contributed by atoms with van der Waals surface area (Å²) in [7, 11) is 3.20. The molecule has 0 spiro atoms. The highest BCUT2D eigenvalue weighted by Gasteiger charge is 2.14. The summed E-state index contributed by atoms with van der Waals surface area (Å²) in [5.41, 5.74) is 1.47. The SMILES string of the molecule is COc1ccc(C(C)Nc2cc(F)ccc2Cl)c(OC)c1. The summed E-state index contributed by atoms with van der Waals surface area (Å²) < 4.78 is 23.9. The maximum absolute atomic E-state index is 13.3. The van der Waals surface area contributed by atoms with Gasteiger partial charge in [0.2, 0.25) is 0 Å². The lowest BCUT2D eigenvalue weighted by Gasteiger charge is -2.19. The molecular weight excluding hydrogens is 293 g/mol. The number of nitrogens with one attached hydrogen (secondary N) is 1. The van der Waals surface area contributed by atoms with Gasteiger partial charge in [0, 0.05) is 11.6 Å². The summed E-state index contributed by atoms with van der Waals surface area (Å²) in [5.74, 6) is 1.07. The molecule has 0 fully saturated rings. The van der Waals surface area contributed by atoms with E-state index in [4.69, 9.17) is 21.1 Å². The number of halogens is 2. The molecule has 0 saturated heterocycles. The molecule has 2 rings (SSSR count). The van der Waals surface area contributed by atoms with Crippen molar-refractivity contribution in [1.82, 2.24) is 0 Å². The van der Waals surface area contributed by atoms with Gasteiger partial charge in [0.25, 0.3) is 0 Å². The standard InChI is InChI=1S/C16H17ClFNO2/c1-10(19-15-8-11(18)4-7-14(15)17)13-6-5-12(20-2)9-16(13)21-3/h4-10,19H,1-3H3. The first kappa shape index (κ1) is 15.4. The predicted molar refractivity (Wildman–Crippen MR) is 83.0 cm³/mol. The molecular formula is C16H17ClFNO2. The van der Waals surface area contributed by atoms with Gasteiger partial charge in [-0.05, 0) is 37.3 Å². The van der Waals surface area contributed by atoms with Crippen molar-refractivity contribution in [3.8, 4) is 11.5 Å². The molecule has 1 N–H and O–H groups in total. The van der Waals surface area contributed by atoms with E-state index in [1.165, 1.54) is 18.2 Å². The minimum atomic E-state index is -0.337. The smallest absolute Gasteiger partial charge is 0.127 e. The van der Waals surface area contributed by atoms with Crippen LogP contribution in [0.3, 0.4) is 0 Å². The second-order valence-corrected chi connectivity index (χ2v) is 5.01. The first-order valence-electron chi connectivity index (χ1n) is 6.48. The van der Waals surface area contributed by atoms with Crippen LogP contribution in [0.25, 0.3) is 0 Å². The maximum Gasteiger partial charge on any atom is 0.127 e. The number of anilines is 1. The Balaban J connectivity index is 2.27.